The molecule has 1 rings (SSSR count). The van der Waals surface area contributed by atoms with Gasteiger partial charge < -0.3 is 19.1 Å². The zero-order valence-electron chi connectivity index (χ0n) is 13.2. The van der Waals surface area contributed by atoms with Crippen molar-refractivity contribution < 1.29 is 23.8 Å². The second-order valence-electron chi connectivity index (χ2n) is 4.50. The maximum atomic E-state index is 11.7. The van der Waals surface area contributed by atoms with Crippen LogP contribution < -0.4 is 4.74 Å². The second-order valence-corrected chi connectivity index (χ2v) is 5.53. The molecule has 1 amide bonds. The number of rotatable bonds is 5. The fourth-order valence-electron chi connectivity index (χ4n) is 1.39. The van der Waals surface area contributed by atoms with Gasteiger partial charge in [0.05, 0.1) is 14.2 Å². The number of hydrogen-bond acceptors (Lipinski definition) is 6. The Kier molecular flexibility index (Phi) is 6.78. The molecule has 0 N–H and O–H groups in total. The lowest BCUT2D eigenvalue weighted by atomic mass is 10.2. The van der Waals surface area contributed by atoms with E-state index in [0.717, 1.165) is 23.6 Å². The molecule has 0 spiro atoms. The van der Waals surface area contributed by atoms with Crippen LogP contribution in [0.15, 0.2) is 35.1 Å². The molecule has 6 nitrogen and oxygen atoms in total. The van der Waals surface area contributed by atoms with Gasteiger partial charge in [0, 0.05) is 19.0 Å². The van der Waals surface area contributed by atoms with E-state index in [0.29, 0.717) is 10.6 Å². The van der Waals surface area contributed by atoms with E-state index < -0.39 is 5.97 Å². The molecule has 1 aromatic rings. The second kappa shape index (κ2) is 8.33. The number of ether oxygens (including phenoxy) is 3. The minimum Gasteiger partial charge on any atom is -0.500 e. The molecule has 7 heteroatoms. The summed E-state index contributed by atoms with van der Waals surface area (Å²) in [5, 5.41) is -0.101. The van der Waals surface area contributed by atoms with Crippen LogP contribution in [0.5, 0.6) is 5.75 Å². The van der Waals surface area contributed by atoms with Gasteiger partial charge in [0.1, 0.15) is 12.0 Å². The van der Waals surface area contributed by atoms with E-state index in [1.54, 1.807) is 20.2 Å². The highest BCUT2D eigenvalue weighted by atomic mass is 32.2. The molecule has 0 aliphatic carbocycles. The highest BCUT2D eigenvalue weighted by Crippen LogP contribution is 2.29. The molecule has 0 saturated heterocycles. The summed E-state index contributed by atoms with van der Waals surface area (Å²) in [6.07, 6.45) is 1.16. The first-order valence-electron chi connectivity index (χ1n) is 6.38. The Balaban J connectivity index is 3.01. The summed E-state index contributed by atoms with van der Waals surface area (Å²) < 4.78 is 15.0. The van der Waals surface area contributed by atoms with Crippen LogP contribution in [0.3, 0.4) is 0 Å². The molecular weight excluding hydrogens is 306 g/mol. The Morgan fingerprint density at radius 1 is 1.23 bits per heavy atom. The summed E-state index contributed by atoms with van der Waals surface area (Å²) in [7, 11) is 6.01. The van der Waals surface area contributed by atoms with Gasteiger partial charge in [-0.2, -0.15) is 0 Å². The molecule has 0 aliphatic rings. The van der Waals surface area contributed by atoms with Gasteiger partial charge in [-0.05, 0) is 36.4 Å². The van der Waals surface area contributed by atoms with Crippen LogP contribution in [0.4, 0.5) is 4.79 Å². The third-order valence-electron chi connectivity index (χ3n) is 2.56. The fourth-order valence-corrected chi connectivity index (χ4v) is 2.07. The van der Waals surface area contributed by atoms with Crippen molar-refractivity contribution in [1.29, 1.82) is 0 Å². The average Bonchev–Trinajstić information content (AvgIpc) is 2.49. The first-order valence-corrected chi connectivity index (χ1v) is 7.19. The van der Waals surface area contributed by atoms with Crippen LogP contribution in [-0.4, -0.2) is 44.4 Å². The molecule has 120 valence electrons. The Labute approximate surface area is 134 Å². The Bertz CT molecular complexity index is 583. The fraction of sp³-hybridized carbons (Fsp3) is 0.333. The van der Waals surface area contributed by atoms with Crippen molar-refractivity contribution in [1.82, 2.24) is 4.90 Å². The molecule has 0 unspecified atom stereocenters. The summed E-state index contributed by atoms with van der Waals surface area (Å²) in [4.78, 5) is 25.5. The predicted molar refractivity (Wildman–Crippen MR) is 83.9 cm³/mol. The molecule has 0 atom stereocenters. The van der Waals surface area contributed by atoms with Gasteiger partial charge in [0.15, 0.2) is 0 Å². The maximum absolute atomic E-state index is 11.7. The van der Waals surface area contributed by atoms with Crippen LogP contribution in [0, 0.1) is 6.92 Å². The lowest BCUT2D eigenvalue weighted by Gasteiger charge is -2.13. The lowest BCUT2D eigenvalue weighted by Crippen LogP contribution is -2.16. The number of carbonyl (C=O) groups is 2. The van der Waals surface area contributed by atoms with E-state index >= 15 is 0 Å². The minimum absolute atomic E-state index is 0.0748. The summed E-state index contributed by atoms with van der Waals surface area (Å²) in [5.41, 5.74) is 0.813. The van der Waals surface area contributed by atoms with Crippen molar-refractivity contribution in [3.8, 4) is 5.75 Å². The molecule has 0 heterocycles. The third kappa shape index (κ3) is 5.00. The van der Waals surface area contributed by atoms with Gasteiger partial charge in [-0.3, -0.25) is 4.79 Å². The van der Waals surface area contributed by atoms with Gasteiger partial charge in [0.2, 0.25) is 5.76 Å². The first-order chi connectivity index (χ1) is 10.4. The van der Waals surface area contributed by atoms with E-state index in [1.165, 1.54) is 19.1 Å². The van der Waals surface area contributed by atoms with E-state index in [1.807, 2.05) is 19.1 Å². The summed E-state index contributed by atoms with van der Waals surface area (Å²) in [5.74, 6) is -0.275. The molecular formula is C15H19NO5S. The van der Waals surface area contributed by atoms with Crippen molar-refractivity contribution in [2.75, 3.05) is 28.3 Å². The monoisotopic (exact) mass is 325 g/mol. The van der Waals surface area contributed by atoms with Crippen molar-refractivity contribution in [2.24, 2.45) is 0 Å². The number of thioether (sulfide) groups is 1. The van der Waals surface area contributed by atoms with Gasteiger partial charge in [-0.15, -0.1) is 0 Å². The number of nitrogens with zero attached hydrogens (tertiary/aromatic N) is 1. The van der Waals surface area contributed by atoms with Gasteiger partial charge in [0.25, 0.3) is 5.24 Å². The number of aryl methyl sites for hydroxylation is 1. The number of esters is 1. The smallest absolute Gasteiger partial charge is 0.377 e. The molecule has 22 heavy (non-hydrogen) atoms. The molecule has 0 saturated carbocycles. The first kappa shape index (κ1) is 17.9. The zero-order valence-corrected chi connectivity index (χ0v) is 14.0. The number of methoxy groups -OCH3 is 2. The molecule has 0 fully saturated rings. The molecule has 0 radical (unpaired) electrons. The quantitative estimate of drug-likeness (QED) is 0.359. The van der Waals surface area contributed by atoms with Crippen molar-refractivity contribution >= 4 is 23.0 Å². The molecule has 0 aliphatic heterocycles. The van der Waals surface area contributed by atoms with E-state index in [4.69, 9.17) is 9.47 Å². The SMILES string of the molecule is CO/C=C(\Oc1cc(SC(=O)N(C)C)ccc1C)C(=O)OC. The number of amides is 1. The van der Waals surface area contributed by atoms with Gasteiger partial charge >= 0.3 is 5.97 Å². The van der Waals surface area contributed by atoms with Crippen LogP contribution in [0.1, 0.15) is 5.56 Å². The Hall–Kier alpha value is -2.15. The van der Waals surface area contributed by atoms with Crippen molar-refractivity contribution in [3.63, 3.8) is 0 Å². The predicted octanol–water partition coefficient (Wildman–Crippen LogP) is 2.81. The molecule has 0 bridgehead atoms. The number of benzene rings is 1. The number of carbonyl (C=O) groups excluding carboxylic acids is 2. The Morgan fingerprint density at radius 3 is 2.45 bits per heavy atom. The van der Waals surface area contributed by atoms with Crippen molar-refractivity contribution in [2.45, 2.75) is 11.8 Å². The number of hydrogen-bond donors (Lipinski definition) is 0. The minimum atomic E-state index is -0.649. The lowest BCUT2D eigenvalue weighted by molar-refractivity contribution is -0.138. The van der Waals surface area contributed by atoms with Gasteiger partial charge in [-0.1, -0.05) is 6.07 Å². The summed E-state index contributed by atoms with van der Waals surface area (Å²) >= 11 is 1.07. The van der Waals surface area contributed by atoms with E-state index in [2.05, 4.69) is 4.74 Å². The highest BCUT2D eigenvalue weighted by Gasteiger charge is 2.16. The molecule has 1 aromatic carbocycles. The largest absolute Gasteiger partial charge is 0.500 e. The van der Waals surface area contributed by atoms with Crippen LogP contribution in [0.2, 0.25) is 0 Å². The normalized spacial score (nSPS) is 10.9. The maximum Gasteiger partial charge on any atom is 0.377 e. The summed E-state index contributed by atoms with van der Waals surface area (Å²) in [6.45, 7) is 1.83. The highest BCUT2D eigenvalue weighted by molar-refractivity contribution is 8.13. The van der Waals surface area contributed by atoms with E-state index in [-0.39, 0.29) is 11.0 Å². The third-order valence-corrected chi connectivity index (χ3v) is 3.59. The van der Waals surface area contributed by atoms with Gasteiger partial charge in [-0.25, -0.2) is 4.79 Å². The Morgan fingerprint density at radius 2 is 1.91 bits per heavy atom. The zero-order chi connectivity index (χ0) is 16.7. The van der Waals surface area contributed by atoms with Crippen LogP contribution in [-0.2, 0) is 14.3 Å². The standard InChI is InChI=1S/C15H19NO5S/c1-10-6-7-11(22-15(18)16(2)3)8-12(10)21-13(9-19-4)14(17)20-5/h6-9H,1-5H3/b13-9-. The summed E-state index contributed by atoms with van der Waals surface area (Å²) in [6, 6.07) is 5.31. The van der Waals surface area contributed by atoms with E-state index in [9.17, 15) is 9.59 Å². The molecule has 0 aromatic heterocycles. The van der Waals surface area contributed by atoms with Crippen LogP contribution >= 0.6 is 11.8 Å². The van der Waals surface area contributed by atoms with Crippen LogP contribution in [0.25, 0.3) is 0 Å². The average molecular weight is 325 g/mol. The van der Waals surface area contributed by atoms with Crippen molar-refractivity contribution in [3.05, 3.63) is 35.8 Å². The topological polar surface area (TPSA) is 65.1 Å².